The van der Waals surface area contributed by atoms with Crippen LogP contribution in [0.1, 0.15) is 82.6 Å². The van der Waals surface area contributed by atoms with Crippen molar-refractivity contribution in [1.82, 2.24) is 0 Å². The molecule has 0 aliphatic carbocycles. The van der Waals surface area contributed by atoms with Crippen LogP contribution in [0.25, 0.3) is 0 Å². The van der Waals surface area contributed by atoms with Crippen molar-refractivity contribution in [2.45, 2.75) is 82.6 Å². The van der Waals surface area contributed by atoms with E-state index in [9.17, 15) is 14.4 Å². The second-order valence-corrected chi connectivity index (χ2v) is 7.68. The van der Waals surface area contributed by atoms with Crippen LogP contribution in [0.3, 0.4) is 0 Å². The minimum Gasteiger partial charge on any atom is -0.577 e. The maximum absolute atomic E-state index is 9.67. The fraction of sp³-hybridized carbons (Fsp3) is 0.417. The number of aldehydes is 4. The minimum absolute atomic E-state index is 0. The fourth-order valence-electron chi connectivity index (χ4n) is 1.71. The summed E-state index contributed by atoms with van der Waals surface area (Å²) in [5.74, 6) is 2.52. The Balaban J connectivity index is -0.0000000252. The zero-order chi connectivity index (χ0) is 30.6. The van der Waals surface area contributed by atoms with Gasteiger partial charge >= 0.3 is 56.6 Å². The molecule has 2 rings (SSSR count). The summed E-state index contributed by atoms with van der Waals surface area (Å²) in [6.07, 6.45) is 12.5. The van der Waals surface area contributed by atoms with Gasteiger partial charge in [0.15, 0.2) is 0 Å². The zero-order valence-electron chi connectivity index (χ0n) is 32.8. The average Bonchev–Trinajstić information content (AvgIpc) is 2.96. The van der Waals surface area contributed by atoms with Crippen molar-refractivity contribution in [3.8, 4) is 0 Å². The second kappa shape index (κ2) is 79.6. The maximum atomic E-state index is 9.67. The molecule has 0 spiro atoms. The molecular formula is C36H66Li3O5P2-3. The molecule has 1 aromatic rings. The summed E-state index contributed by atoms with van der Waals surface area (Å²) in [6.45, 7) is 22.7. The largest absolute Gasteiger partial charge is 1.00 e. The third-order valence-corrected chi connectivity index (χ3v) is 4.76. The van der Waals surface area contributed by atoms with Gasteiger partial charge in [-0.15, -0.1) is 0 Å². The predicted octanol–water partition coefficient (Wildman–Crippen LogP) is 1.38. The molecule has 5 nitrogen and oxygen atoms in total. The van der Waals surface area contributed by atoms with E-state index in [1.54, 1.807) is 13.0 Å². The van der Waals surface area contributed by atoms with Crippen LogP contribution in [-0.4, -0.2) is 31.8 Å². The Bertz CT molecular complexity index is 736. The molecule has 0 amide bonds. The monoisotopic (exact) mass is 661 g/mol. The molecule has 256 valence electrons. The van der Waals surface area contributed by atoms with Gasteiger partial charge in [0.1, 0.15) is 25.1 Å². The van der Waals surface area contributed by atoms with Gasteiger partial charge < -0.3 is 61.2 Å². The number of ether oxygens (including phenoxy) is 1. The van der Waals surface area contributed by atoms with Crippen molar-refractivity contribution in [3.05, 3.63) is 106 Å². The van der Waals surface area contributed by atoms with E-state index in [4.69, 9.17) is 9.53 Å². The summed E-state index contributed by atoms with van der Waals surface area (Å²) in [5, 5.41) is 0. The molecule has 0 N–H and O–H groups in total. The van der Waals surface area contributed by atoms with Crippen LogP contribution in [0.4, 0.5) is 0 Å². The topological polar surface area (TPSA) is 77.5 Å². The van der Waals surface area contributed by atoms with E-state index in [2.05, 4.69) is 33.8 Å². The predicted molar refractivity (Wildman–Crippen MR) is 202 cm³/mol. The van der Waals surface area contributed by atoms with E-state index in [1.165, 1.54) is 12.5 Å². The normalized spacial score (nSPS) is 12.5. The Morgan fingerprint density at radius 3 is 1.24 bits per heavy atom. The zero-order valence-corrected chi connectivity index (χ0v) is 35.2. The molecule has 2 unspecified atom stereocenters. The third-order valence-electron chi connectivity index (χ3n) is 4.76. The second-order valence-electron chi connectivity index (χ2n) is 7.68. The molecule has 1 heterocycles. The molecule has 1 aliphatic rings. The first-order valence-electron chi connectivity index (χ1n) is 12.8. The van der Waals surface area contributed by atoms with Crippen LogP contribution in [-0.2, 0) is 23.9 Å². The van der Waals surface area contributed by atoms with Gasteiger partial charge in [-0.3, -0.25) is 4.79 Å². The van der Waals surface area contributed by atoms with E-state index < -0.39 is 0 Å². The summed E-state index contributed by atoms with van der Waals surface area (Å²) in [5.41, 5.74) is 2.20. The molecule has 0 saturated heterocycles. The van der Waals surface area contributed by atoms with Gasteiger partial charge in [0.25, 0.3) is 0 Å². The first-order valence-corrected chi connectivity index (χ1v) is 12.8. The van der Waals surface area contributed by atoms with Gasteiger partial charge in [0.05, 0.1) is 18.8 Å². The molecule has 1 aliphatic heterocycles. The summed E-state index contributed by atoms with van der Waals surface area (Å²) >= 11 is 0. The van der Waals surface area contributed by atoms with Gasteiger partial charge in [-0.2, -0.15) is 36.4 Å². The third kappa shape index (κ3) is 84.4. The molecule has 0 saturated carbocycles. The van der Waals surface area contributed by atoms with E-state index in [0.29, 0.717) is 24.4 Å². The van der Waals surface area contributed by atoms with E-state index in [0.717, 1.165) is 30.5 Å². The molecule has 46 heavy (non-hydrogen) atoms. The van der Waals surface area contributed by atoms with Crippen molar-refractivity contribution in [3.63, 3.8) is 0 Å². The van der Waals surface area contributed by atoms with Crippen molar-refractivity contribution >= 4 is 44.9 Å². The van der Waals surface area contributed by atoms with Gasteiger partial charge in [0.2, 0.25) is 0 Å². The fourth-order valence-corrected chi connectivity index (χ4v) is 1.71. The molecule has 0 fully saturated rings. The maximum Gasteiger partial charge on any atom is 1.00 e. The van der Waals surface area contributed by atoms with Crippen LogP contribution in [0, 0.1) is 40.2 Å². The average molecular weight is 662 g/mol. The Morgan fingerprint density at radius 2 is 1.11 bits per heavy atom. The molecule has 0 radical (unpaired) electrons. The first kappa shape index (κ1) is 85.2. The molecule has 0 aromatic heterocycles. The quantitative estimate of drug-likeness (QED) is 0.0932. The van der Waals surface area contributed by atoms with Gasteiger partial charge in [0, 0.05) is 0 Å². The molecule has 1 aromatic carbocycles. The van der Waals surface area contributed by atoms with Crippen LogP contribution < -0.4 is 56.6 Å². The Hall–Kier alpha value is -0.688. The summed E-state index contributed by atoms with van der Waals surface area (Å²) < 4.78 is 5.45. The smallest absolute Gasteiger partial charge is 0.577 e. The number of hydrogen-bond donors (Lipinski definition) is 0. The number of hydrogen-bond acceptors (Lipinski definition) is 5. The van der Waals surface area contributed by atoms with Gasteiger partial charge in [-0.1, -0.05) is 44.2 Å². The number of allylic oxidation sites excluding steroid dienone is 8. The van der Waals surface area contributed by atoms with Gasteiger partial charge in [-0.05, 0) is 85.3 Å². The summed E-state index contributed by atoms with van der Waals surface area (Å²) in [4.78, 5) is 36.8. The Kier molecular flexibility index (Phi) is 147. The number of rotatable bonds is 3. The van der Waals surface area contributed by atoms with Crippen molar-refractivity contribution in [2.75, 3.05) is 6.61 Å². The standard InChI is InChI=1S/C9H16O.C6H5.C5H8O.2C4H8.C3H4O2.C2H4O.3CH3.3Li.2H2P/c1-6-5-10-9(4)8(3)7(6)2;1-2-4-6-5-3-1;1-3-5(2)4-6;2*1-3-4-2;4-2-1-3-5;1-2-3;;;;;;;;/h6-7H,5H2,1-4H3;1-5H;3-4H,1-2H3;2*3-4H,1-2H3;2-3H,1H2;2H,1H3;3*1H3;;;;2*1H2/q;-1;;;;;;3*-1;3*+1;2*-1/b;;5-3+;2*4-3-;;;;;;;;;;. The SMILES string of the molecule is C/C=C(\C)C=O.C/C=C\C.C/C=C\C.CC1=C(C)C(C)C(C)CO1.CC=O.O=CCC=O.[CH3-].[CH3-].[CH3-].[Li+].[Li+].[Li+].[PH2-].[PH2-].[c-]1ccccc1. The van der Waals surface area contributed by atoms with Crippen LogP contribution in [0.15, 0.2) is 77.6 Å². The number of carbonyl (C=O) groups is 4. The van der Waals surface area contributed by atoms with E-state index in [1.807, 2.05) is 89.3 Å². The Morgan fingerprint density at radius 1 is 0.761 bits per heavy atom. The van der Waals surface area contributed by atoms with E-state index >= 15 is 0 Å². The van der Waals surface area contributed by atoms with Gasteiger partial charge in [-0.25, -0.2) is 0 Å². The van der Waals surface area contributed by atoms with E-state index in [-0.39, 0.29) is 105 Å². The first-order chi connectivity index (χ1) is 18.1. The van der Waals surface area contributed by atoms with Crippen molar-refractivity contribution in [2.24, 2.45) is 11.8 Å². The van der Waals surface area contributed by atoms with Crippen LogP contribution in [0.2, 0.25) is 0 Å². The number of benzene rings is 1. The summed E-state index contributed by atoms with van der Waals surface area (Å²) in [6, 6.07) is 12.5. The minimum atomic E-state index is 0. The molecule has 0 bridgehead atoms. The molecule has 2 atom stereocenters. The molecule has 10 heteroatoms. The number of carbonyl (C=O) groups excluding carboxylic acids is 4. The van der Waals surface area contributed by atoms with Crippen molar-refractivity contribution in [1.29, 1.82) is 0 Å². The van der Waals surface area contributed by atoms with Crippen molar-refractivity contribution < 1.29 is 80.5 Å². The molecular weight excluding hydrogens is 595 g/mol. The van der Waals surface area contributed by atoms with Crippen LogP contribution in [0.5, 0.6) is 0 Å². The Labute approximate surface area is 330 Å². The summed E-state index contributed by atoms with van der Waals surface area (Å²) in [7, 11) is 0. The van der Waals surface area contributed by atoms with Crippen LogP contribution >= 0.6 is 19.8 Å².